The zero-order valence-corrected chi connectivity index (χ0v) is 19.1. The van der Waals surface area contributed by atoms with Crippen LogP contribution in [-0.2, 0) is 0 Å². The maximum absolute atomic E-state index is 14.9. The van der Waals surface area contributed by atoms with E-state index in [1.54, 1.807) is 30.3 Å². The van der Waals surface area contributed by atoms with Crippen molar-refractivity contribution in [3.63, 3.8) is 0 Å². The molecule has 5 aromatic rings. The van der Waals surface area contributed by atoms with Gasteiger partial charge in [0.05, 0.1) is 24.0 Å². The Morgan fingerprint density at radius 2 is 1.85 bits per heavy atom. The SMILES string of the molecule is COc1cc2ncnc(Nc3ccc(Oc4cccc(-c5nnc(C)s5)c4)cc3F)c2cc1N. The zero-order chi connectivity index (χ0) is 23.7. The van der Waals surface area contributed by atoms with E-state index < -0.39 is 5.82 Å². The highest BCUT2D eigenvalue weighted by Crippen LogP contribution is 2.33. The number of rotatable bonds is 6. The standard InChI is InChI=1S/C24H19FN6O2S/c1-13-30-31-24(34-13)14-4-3-5-15(8-14)33-16-6-7-20(18(25)9-16)29-23-17-10-19(26)22(32-2)11-21(17)27-12-28-23/h3-12H,26H2,1-2H3,(H,27,28,29). The molecule has 0 aliphatic rings. The van der Waals surface area contributed by atoms with Crippen LogP contribution in [0.3, 0.4) is 0 Å². The van der Waals surface area contributed by atoms with Gasteiger partial charge in [-0.05, 0) is 37.3 Å². The fourth-order valence-electron chi connectivity index (χ4n) is 3.41. The van der Waals surface area contributed by atoms with Crippen LogP contribution in [0.15, 0.2) is 60.9 Å². The van der Waals surface area contributed by atoms with Gasteiger partial charge in [0.15, 0.2) is 0 Å². The normalized spacial score (nSPS) is 10.9. The molecule has 0 radical (unpaired) electrons. The van der Waals surface area contributed by atoms with E-state index in [0.717, 1.165) is 15.6 Å². The Hall–Kier alpha value is -4.31. The number of fused-ring (bicyclic) bond motifs is 1. The monoisotopic (exact) mass is 474 g/mol. The Labute approximate surface area is 198 Å². The minimum absolute atomic E-state index is 0.236. The highest BCUT2D eigenvalue weighted by atomic mass is 32.1. The molecule has 2 heterocycles. The lowest BCUT2D eigenvalue weighted by Gasteiger charge is -2.12. The Morgan fingerprint density at radius 3 is 2.62 bits per heavy atom. The van der Waals surface area contributed by atoms with Crippen molar-refractivity contribution >= 4 is 39.4 Å². The summed E-state index contributed by atoms with van der Waals surface area (Å²) >= 11 is 1.49. The minimum atomic E-state index is -0.498. The lowest BCUT2D eigenvalue weighted by Crippen LogP contribution is -2.00. The summed E-state index contributed by atoms with van der Waals surface area (Å²) in [6.07, 6.45) is 1.39. The van der Waals surface area contributed by atoms with Crippen molar-refractivity contribution in [3.8, 4) is 27.8 Å². The van der Waals surface area contributed by atoms with Gasteiger partial charge in [0, 0.05) is 23.1 Å². The summed E-state index contributed by atoms with van der Waals surface area (Å²) in [5.41, 5.74) is 8.20. The van der Waals surface area contributed by atoms with E-state index in [9.17, 15) is 4.39 Å². The van der Waals surface area contributed by atoms with Crippen molar-refractivity contribution < 1.29 is 13.9 Å². The van der Waals surface area contributed by atoms with Gasteiger partial charge in [0.25, 0.3) is 0 Å². The Balaban J connectivity index is 1.38. The van der Waals surface area contributed by atoms with E-state index in [0.29, 0.717) is 39.7 Å². The minimum Gasteiger partial charge on any atom is -0.495 e. The first kappa shape index (κ1) is 21.5. The first-order valence-electron chi connectivity index (χ1n) is 10.2. The average molecular weight is 475 g/mol. The van der Waals surface area contributed by atoms with Crippen molar-refractivity contribution in [2.24, 2.45) is 0 Å². The molecule has 5 rings (SSSR count). The number of benzene rings is 3. The van der Waals surface area contributed by atoms with Crippen LogP contribution in [0.4, 0.5) is 21.6 Å². The van der Waals surface area contributed by atoms with Crippen LogP contribution in [0.25, 0.3) is 21.5 Å². The molecule has 0 spiro atoms. The summed E-state index contributed by atoms with van der Waals surface area (Å²) in [7, 11) is 1.53. The molecule has 34 heavy (non-hydrogen) atoms. The predicted molar refractivity (Wildman–Crippen MR) is 130 cm³/mol. The number of aryl methyl sites for hydroxylation is 1. The summed E-state index contributed by atoms with van der Waals surface area (Å²) in [4.78, 5) is 8.48. The van der Waals surface area contributed by atoms with Gasteiger partial charge in [0.1, 0.15) is 45.2 Å². The molecule has 0 saturated carbocycles. The third kappa shape index (κ3) is 4.30. The fourth-order valence-corrected chi connectivity index (χ4v) is 4.10. The molecule has 0 atom stereocenters. The van der Waals surface area contributed by atoms with Crippen molar-refractivity contribution in [2.75, 3.05) is 18.2 Å². The summed E-state index contributed by atoms with van der Waals surface area (Å²) in [5, 5.41) is 13.5. The molecule has 0 aliphatic heterocycles. The van der Waals surface area contributed by atoms with E-state index >= 15 is 0 Å². The van der Waals surface area contributed by atoms with Crippen molar-refractivity contribution in [3.05, 3.63) is 71.7 Å². The molecular formula is C24H19FN6O2S. The topological polar surface area (TPSA) is 108 Å². The number of halogens is 1. The second-order valence-electron chi connectivity index (χ2n) is 7.36. The van der Waals surface area contributed by atoms with Crippen molar-refractivity contribution in [1.29, 1.82) is 0 Å². The summed E-state index contributed by atoms with van der Waals surface area (Å²) in [5.74, 6) is 1.36. The van der Waals surface area contributed by atoms with Gasteiger partial charge in [-0.15, -0.1) is 10.2 Å². The number of nitrogen functional groups attached to an aromatic ring is 1. The van der Waals surface area contributed by atoms with Gasteiger partial charge < -0.3 is 20.5 Å². The van der Waals surface area contributed by atoms with Gasteiger partial charge >= 0.3 is 0 Å². The molecule has 0 fully saturated rings. The van der Waals surface area contributed by atoms with Crippen LogP contribution in [-0.4, -0.2) is 27.3 Å². The molecule has 0 amide bonds. The highest BCUT2D eigenvalue weighted by Gasteiger charge is 2.12. The molecule has 170 valence electrons. The molecule has 3 aromatic carbocycles. The van der Waals surface area contributed by atoms with Gasteiger partial charge in [0.2, 0.25) is 0 Å². The number of nitrogens with two attached hydrogens (primary N) is 1. The van der Waals surface area contributed by atoms with E-state index in [-0.39, 0.29) is 5.69 Å². The molecule has 3 N–H and O–H groups in total. The number of hydrogen-bond donors (Lipinski definition) is 2. The molecule has 2 aromatic heterocycles. The zero-order valence-electron chi connectivity index (χ0n) is 18.2. The lowest BCUT2D eigenvalue weighted by atomic mass is 10.2. The Morgan fingerprint density at radius 1 is 1.00 bits per heavy atom. The third-order valence-electron chi connectivity index (χ3n) is 5.02. The number of nitrogens with one attached hydrogen (secondary N) is 1. The van der Waals surface area contributed by atoms with Gasteiger partial charge in [-0.3, -0.25) is 0 Å². The van der Waals surface area contributed by atoms with Crippen molar-refractivity contribution in [2.45, 2.75) is 6.92 Å². The molecular weight excluding hydrogens is 455 g/mol. The number of nitrogens with zero attached hydrogens (tertiary/aromatic N) is 4. The second kappa shape index (κ2) is 8.91. The molecule has 10 heteroatoms. The van der Waals surface area contributed by atoms with E-state index in [1.165, 1.54) is 30.8 Å². The largest absolute Gasteiger partial charge is 0.495 e. The summed E-state index contributed by atoms with van der Waals surface area (Å²) in [6.45, 7) is 1.90. The van der Waals surface area contributed by atoms with Crippen molar-refractivity contribution in [1.82, 2.24) is 20.2 Å². The van der Waals surface area contributed by atoms with Crippen LogP contribution in [0, 0.1) is 12.7 Å². The number of hydrogen-bond acceptors (Lipinski definition) is 9. The Kier molecular flexibility index (Phi) is 5.64. The fraction of sp³-hybridized carbons (Fsp3) is 0.0833. The smallest absolute Gasteiger partial charge is 0.150 e. The number of aromatic nitrogens is 4. The molecule has 0 unspecified atom stereocenters. The average Bonchev–Trinajstić information content (AvgIpc) is 3.27. The first-order chi connectivity index (χ1) is 16.5. The van der Waals surface area contributed by atoms with E-state index in [2.05, 4.69) is 25.5 Å². The maximum Gasteiger partial charge on any atom is 0.150 e. The maximum atomic E-state index is 14.9. The third-order valence-corrected chi connectivity index (χ3v) is 5.91. The Bertz CT molecular complexity index is 1510. The summed E-state index contributed by atoms with van der Waals surface area (Å²) in [6, 6.07) is 15.4. The highest BCUT2D eigenvalue weighted by molar-refractivity contribution is 7.14. The predicted octanol–water partition coefficient (Wildman–Crippen LogP) is 5.72. The van der Waals surface area contributed by atoms with Gasteiger partial charge in [-0.2, -0.15) is 0 Å². The first-order valence-corrected chi connectivity index (χ1v) is 11.0. The van der Waals surface area contributed by atoms with Crippen LogP contribution in [0.1, 0.15) is 5.01 Å². The van der Waals surface area contributed by atoms with Crippen LogP contribution < -0.4 is 20.5 Å². The van der Waals surface area contributed by atoms with Gasteiger partial charge in [-0.25, -0.2) is 14.4 Å². The number of anilines is 3. The summed E-state index contributed by atoms with van der Waals surface area (Å²) < 4.78 is 26.1. The molecule has 8 nitrogen and oxygen atoms in total. The van der Waals surface area contributed by atoms with E-state index in [1.807, 2.05) is 25.1 Å². The van der Waals surface area contributed by atoms with Crippen LogP contribution >= 0.6 is 11.3 Å². The number of ether oxygens (including phenoxy) is 2. The van der Waals surface area contributed by atoms with Gasteiger partial charge in [-0.1, -0.05) is 23.5 Å². The van der Waals surface area contributed by atoms with Crippen LogP contribution in [0.5, 0.6) is 17.2 Å². The number of methoxy groups -OCH3 is 1. The van der Waals surface area contributed by atoms with E-state index in [4.69, 9.17) is 15.2 Å². The van der Waals surface area contributed by atoms with Crippen LogP contribution in [0.2, 0.25) is 0 Å². The molecule has 0 aliphatic carbocycles. The second-order valence-corrected chi connectivity index (χ2v) is 8.54. The quantitative estimate of drug-likeness (QED) is 0.301. The lowest BCUT2D eigenvalue weighted by molar-refractivity contribution is 0.417. The molecule has 0 bridgehead atoms. The molecule has 0 saturated heterocycles.